The van der Waals surface area contributed by atoms with E-state index in [2.05, 4.69) is 16.0 Å². The molecule has 1 rings (SSSR count). The summed E-state index contributed by atoms with van der Waals surface area (Å²) in [5.74, 6) is 1.08. The van der Waals surface area contributed by atoms with Crippen LogP contribution in [0.2, 0.25) is 0 Å². The molecule has 0 saturated heterocycles. The average Bonchev–Trinajstić information content (AvgIpc) is 2.31. The van der Waals surface area contributed by atoms with Crippen molar-refractivity contribution < 1.29 is 0 Å². The minimum atomic E-state index is 0.421. The van der Waals surface area contributed by atoms with Crippen molar-refractivity contribution in [3.63, 3.8) is 0 Å². The van der Waals surface area contributed by atoms with Crippen molar-refractivity contribution >= 4 is 17.5 Å². The number of hydrogen-bond acceptors (Lipinski definition) is 4. The first-order valence-corrected chi connectivity index (χ1v) is 5.34. The lowest BCUT2D eigenvalue weighted by molar-refractivity contribution is 0.788. The molecule has 0 fully saturated rings. The Morgan fingerprint density at radius 2 is 2.13 bits per heavy atom. The molecule has 0 saturated carbocycles. The summed E-state index contributed by atoms with van der Waals surface area (Å²) in [6, 6.07) is 2.11. The van der Waals surface area contributed by atoms with Crippen LogP contribution in [0.15, 0.2) is 12.4 Å². The van der Waals surface area contributed by atoms with Crippen molar-refractivity contribution in [2.75, 3.05) is 18.0 Å². The maximum atomic E-state index is 8.50. The van der Waals surface area contributed by atoms with Crippen LogP contribution in [0, 0.1) is 11.3 Å². The molecule has 0 N–H and O–H groups in total. The molecule has 5 heteroatoms. The second kappa shape index (κ2) is 6.20. The SMILES string of the molecule is CCN(CCC#N)c1ncc(CCl)cn1. The zero-order chi connectivity index (χ0) is 11.1. The lowest BCUT2D eigenvalue weighted by Gasteiger charge is -2.18. The van der Waals surface area contributed by atoms with Crippen molar-refractivity contribution in [3.8, 4) is 6.07 Å². The summed E-state index contributed by atoms with van der Waals surface area (Å²) in [4.78, 5) is 10.3. The van der Waals surface area contributed by atoms with Gasteiger partial charge in [0, 0.05) is 31.0 Å². The summed E-state index contributed by atoms with van der Waals surface area (Å²) in [6.07, 6.45) is 3.91. The van der Waals surface area contributed by atoms with E-state index in [-0.39, 0.29) is 0 Å². The minimum Gasteiger partial charge on any atom is -0.340 e. The van der Waals surface area contributed by atoms with Gasteiger partial charge in [0.15, 0.2) is 0 Å². The normalized spacial score (nSPS) is 9.67. The van der Waals surface area contributed by atoms with Gasteiger partial charge < -0.3 is 4.90 Å². The first kappa shape index (κ1) is 11.7. The van der Waals surface area contributed by atoms with Crippen LogP contribution in [0.25, 0.3) is 0 Å². The molecule has 4 nitrogen and oxygen atoms in total. The Bertz CT molecular complexity index is 330. The summed E-state index contributed by atoms with van der Waals surface area (Å²) in [5.41, 5.74) is 0.900. The zero-order valence-electron chi connectivity index (χ0n) is 8.65. The molecule has 0 radical (unpaired) electrons. The van der Waals surface area contributed by atoms with Crippen LogP contribution in [0.4, 0.5) is 5.95 Å². The molecule has 0 spiro atoms. The second-order valence-electron chi connectivity index (χ2n) is 3.01. The highest BCUT2D eigenvalue weighted by atomic mass is 35.5. The van der Waals surface area contributed by atoms with Gasteiger partial charge in [-0.1, -0.05) is 0 Å². The van der Waals surface area contributed by atoms with Gasteiger partial charge in [0.2, 0.25) is 5.95 Å². The smallest absolute Gasteiger partial charge is 0.225 e. The number of hydrogen-bond donors (Lipinski definition) is 0. The Morgan fingerprint density at radius 1 is 1.47 bits per heavy atom. The third-order valence-corrected chi connectivity index (χ3v) is 2.31. The number of nitriles is 1. The maximum absolute atomic E-state index is 8.50. The summed E-state index contributed by atoms with van der Waals surface area (Å²) in [7, 11) is 0. The van der Waals surface area contributed by atoms with Gasteiger partial charge >= 0.3 is 0 Å². The Kier molecular flexibility index (Phi) is 4.85. The van der Waals surface area contributed by atoms with Crippen LogP contribution >= 0.6 is 11.6 Å². The van der Waals surface area contributed by atoms with Crippen molar-refractivity contribution in [2.24, 2.45) is 0 Å². The van der Waals surface area contributed by atoms with E-state index in [0.717, 1.165) is 12.1 Å². The third-order valence-electron chi connectivity index (χ3n) is 2.00. The molecule has 0 aliphatic rings. The molecule has 0 atom stereocenters. The van der Waals surface area contributed by atoms with E-state index in [1.54, 1.807) is 12.4 Å². The number of nitrogens with zero attached hydrogens (tertiary/aromatic N) is 4. The Balaban J connectivity index is 2.70. The minimum absolute atomic E-state index is 0.421. The van der Waals surface area contributed by atoms with Crippen molar-refractivity contribution in [3.05, 3.63) is 18.0 Å². The van der Waals surface area contributed by atoms with Crippen LogP contribution in [-0.4, -0.2) is 23.1 Å². The topological polar surface area (TPSA) is 52.8 Å². The Labute approximate surface area is 94.5 Å². The quantitative estimate of drug-likeness (QED) is 0.718. The van der Waals surface area contributed by atoms with Crippen molar-refractivity contribution in [1.82, 2.24) is 9.97 Å². The van der Waals surface area contributed by atoms with Crippen LogP contribution in [0.5, 0.6) is 0 Å². The predicted molar refractivity (Wildman–Crippen MR) is 59.7 cm³/mol. The van der Waals surface area contributed by atoms with E-state index < -0.39 is 0 Å². The third kappa shape index (κ3) is 3.37. The first-order chi connectivity index (χ1) is 7.31. The summed E-state index contributed by atoms with van der Waals surface area (Å²) < 4.78 is 0. The maximum Gasteiger partial charge on any atom is 0.225 e. The molecule has 1 heterocycles. The van der Waals surface area contributed by atoms with E-state index in [0.29, 0.717) is 24.8 Å². The Hall–Kier alpha value is -1.34. The second-order valence-corrected chi connectivity index (χ2v) is 3.28. The molecule has 0 bridgehead atoms. The molecule has 80 valence electrons. The highest BCUT2D eigenvalue weighted by molar-refractivity contribution is 6.17. The molecular formula is C10H13ClN4. The van der Waals surface area contributed by atoms with Gasteiger partial charge in [0.1, 0.15) is 0 Å². The monoisotopic (exact) mass is 224 g/mol. The van der Waals surface area contributed by atoms with E-state index in [4.69, 9.17) is 16.9 Å². The van der Waals surface area contributed by atoms with Gasteiger partial charge in [-0.05, 0) is 6.92 Å². The fourth-order valence-corrected chi connectivity index (χ4v) is 1.30. The fraction of sp³-hybridized carbons (Fsp3) is 0.500. The van der Waals surface area contributed by atoms with Gasteiger partial charge in [-0.2, -0.15) is 5.26 Å². The first-order valence-electron chi connectivity index (χ1n) is 4.80. The van der Waals surface area contributed by atoms with Crippen molar-refractivity contribution in [1.29, 1.82) is 5.26 Å². The molecule has 1 aromatic heterocycles. The molecule has 1 aromatic rings. The van der Waals surface area contributed by atoms with Crippen LogP contribution < -0.4 is 4.90 Å². The number of anilines is 1. The van der Waals surface area contributed by atoms with Crippen LogP contribution in [0.3, 0.4) is 0 Å². The molecule has 0 aliphatic heterocycles. The van der Waals surface area contributed by atoms with Gasteiger partial charge in [0.05, 0.1) is 18.4 Å². The number of halogens is 1. The molecule has 0 aromatic carbocycles. The summed E-state index contributed by atoms with van der Waals surface area (Å²) >= 11 is 5.64. The molecular weight excluding hydrogens is 212 g/mol. The van der Waals surface area contributed by atoms with E-state index >= 15 is 0 Å². The lowest BCUT2D eigenvalue weighted by atomic mass is 10.4. The molecule has 0 unspecified atom stereocenters. The van der Waals surface area contributed by atoms with Gasteiger partial charge in [-0.3, -0.25) is 0 Å². The molecule has 0 amide bonds. The van der Waals surface area contributed by atoms with Crippen LogP contribution in [-0.2, 0) is 5.88 Å². The fourth-order valence-electron chi connectivity index (χ4n) is 1.16. The Morgan fingerprint density at radius 3 is 2.60 bits per heavy atom. The van der Waals surface area contributed by atoms with Crippen molar-refractivity contribution in [2.45, 2.75) is 19.2 Å². The van der Waals surface area contributed by atoms with E-state index in [1.807, 2.05) is 11.8 Å². The largest absolute Gasteiger partial charge is 0.340 e. The van der Waals surface area contributed by atoms with E-state index in [1.165, 1.54) is 0 Å². The van der Waals surface area contributed by atoms with E-state index in [9.17, 15) is 0 Å². The average molecular weight is 225 g/mol. The summed E-state index contributed by atoms with van der Waals surface area (Å²) in [6.45, 7) is 3.46. The highest BCUT2D eigenvalue weighted by Crippen LogP contribution is 2.08. The standard InChI is InChI=1S/C10H13ClN4/c1-2-15(5-3-4-12)10-13-7-9(6-11)8-14-10/h7-8H,2-3,5-6H2,1H3. The lowest BCUT2D eigenvalue weighted by Crippen LogP contribution is -2.25. The van der Waals surface area contributed by atoms with Gasteiger partial charge in [-0.15, -0.1) is 11.6 Å². The number of alkyl halides is 1. The summed E-state index contributed by atoms with van der Waals surface area (Å²) in [5, 5.41) is 8.50. The predicted octanol–water partition coefficient (Wildman–Crippen LogP) is 1.96. The number of aromatic nitrogens is 2. The number of rotatable bonds is 5. The zero-order valence-corrected chi connectivity index (χ0v) is 9.41. The van der Waals surface area contributed by atoms with Crippen LogP contribution in [0.1, 0.15) is 18.9 Å². The van der Waals surface area contributed by atoms with Gasteiger partial charge in [-0.25, -0.2) is 9.97 Å². The molecule has 0 aliphatic carbocycles. The highest BCUT2D eigenvalue weighted by Gasteiger charge is 2.06. The molecule has 15 heavy (non-hydrogen) atoms. The van der Waals surface area contributed by atoms with Gasteiger partial charge in [0.25, 0.3) is 0 Å².